The predicted molar refractivity (Wildman–Crippen MR) is 119 cm³/mol. The van der Waals surface area contributed by atoms with Gasteiger partial charge in [-0.25, -0.2) is 13.2 Å². The molecule has 8 nitrogen and oxygen atoms in total. The summed E-state index contributed by atoms with van der Waals surface area (Å²) in [5, 5.41) is 10.3. The van der Waals surface area contributed by atoms with Gasteiger partial charge in [-0.1, -0.05) is 38.0 Å². The van der Waals surface area contributed by atoms with Gasteiger partial charge in [0.05, 0.1) is 5.75 Å². The highest BCUT2D eigenvalue weighted by molar-refractivity contribution is 7.89. The van der Waals surface area contributed by atoms with E-state index in [1.807, 2.05) is 31.2 Å². The lowest BCUT2D eigenvalue weighted by molar-refractivity contribution is -0.192. The first-order valence-corrected chi connectivity index (χ1v) is 12.3. The number of nitrogens with zero attached hydrogens (tertiary/aromatic N) is 2. The highest BCUT2D eigenvalue weighted by Gasteiger charge is 2.38. The van der Waals surface area contributed by atoms with E-state index in [4.69, 9.17) is 9.90 Å². The van der Waals surface area contributed by atoms with Crippen LogP contribution in [-0.4, -0.2) is 85.8 Å². The van der Waals surface area contributed by atoms with Crippen LogP contribution in [0.15, 0.2) is 24.3 Å². The van der Waals surface area contributed by atoms with E-state index in [2.05, 4.69) is 12.2 Å². The number of sulfonamides is 1. The number of piperazine rings is 1. The summed E-state index contributed by atoms with van der Waals surface area (Å²) in [5.74, 6) is -2.85. The number of alkyl halides is 3. The second-order valence-corrected chi connectivity index (χ2v) is 9.67. The van der Waals surface area contributed by atoms with Gasteiger partial charge in [-0.2, -0.15) is 17.5 Å². The lowest BCUT2D eigenvalue weighted by atomic mass is 10.1. The van der Waals surface area contributed by atoms with E-state index in [0.717, 1.165) is 24.8 Å². The van der Waals surface area contributed by atoms with E-state index < -0.39 is 22.2 Å². The number of nitrogens with one attached hydrogen (secondary N) is 1. The molecule has 0 radical (unpaired) electrons. The summed E-state index contributed by atoms with van der Waals surface area (Å²) in [6.45, 7) is 7.23. The van der Waals surface area contributed by atoms with Crippen molar-refractivity contribution in [3.63, 3.8) is 0 Å². The number of hydrogen-bond acceptors (Lipinski definition) is 5. The molecule has 2 N–H and O–H groups in total. The van der Waals surface area contributed by atoms with Crippen molar-refractivity contribution in [2.45, 2.75) is 39.3 Å². The van der Waals surface area contributed by atoms with Crippen molar-refractivity contribution in [2.24, 2.45) is 0 Å². The molecule has 0 aliphatic carbocycles. The number of rotatable bonds is 9. The molecule has 1 aromatic rings. The van der Waals surface area contributed by atoms with Crippen molar-refractivity contribution in [1.29, 1.82) is 0 Å². The summed E-state index contributed by atoms with van der Waals surface area (Å²) < 4.78 is 58.5. The quantitative estimate of drug-likeness (QED) is 0.510. The predicted octanol–water partition coefficient (Wildman–Crippen LogP) is 2.50. The number of aryl methyl sites for hydroxylation is 1. The molecule has 1 aliphatic heterocycles. The average molecular weight is 496 g/mol. The van der Waals surface area contributed by atoms with Gasteiger partial charge >= 0.3 is 12.1 Å². The molecule has 0 spiro atoms. The molecule has 0 atom stereocenters. The van der Waals surface area contributed by atoms with Crippen LogP contribution < -0.4 is 5.32 Å². The van der Waals surface area contributed by atoms with Gasteiger partial charge in [0.15, 0.2) is 0 Å². The minimum absolute atomic E-state index is 0.0171. The van der Waals surface area contributed by atoms with Crippen LogP contribution in [0.1, 0.15) is 42.1 Å². The zero-order valence-electron chi connectivity index (χ0n) is 18.9. The normalized spacial score (nSPS) is 14.8. The molecule has 33 heavy (non-hydrogen) atoms. The Bertz CT molecular complexity index is 872. The molecule has 1 aromatic carbocycles. The molecule has 188 valence electrons. The van der Waals surface area contributed by atoms with Crippen molar-refractivity contribution < 1.29 is 36.3 Å². The Kier molecular flexibility index (Phi) is 11.8. The van der Waals surface area contributed by atoms with Crippen LogP contribution in [0.25, 0.3) is 0 Å². The summed E-state index contributed by atoms with van der Waals surface area (Å²) in [7, 11) is -3.34. The molecular formula is C21H32F3N3O5S. The number of amides is 1. The van der Waals surface area contributed by atoms with Crippen molar-refractivity contribution in [3.8, 4) is 0 Å². The second kappa shape index (κ2) is 13.5. The first-order valence-electron chi connectivity index (χ1n) is 10.7. The van der Waals surface area contributed by atoms with Gasteiger partial charge in [-0.15, -0.1) is 0 Å². The van der Waals surface area contributed by atoms with Gasteiger partial charge in [-0.05, 0) is 25.0 Å². The standard InChI is InChI=1S/C19H31N3O3S.C2HF3O2/c1-3-4-7-12-21(19(23)18-9-6-5-8-17(18)2)15-16-26(24,25)22-13-10-20-11-14-22;3-2(4,5)1(6)7/h5-6,8-9,20H,3-4,7,10-16H2,1-2H3;(H,6,7). The summed E-state index contributed by atoms with van der Waals surface area (Å²) in [6.07, 6.45) is -2.10. The number of carbonyl (C=O) groups is 2. The van der Waals surface area contributed by atoms with Crippen molar-refractivity contribution in [1.82, 2.24) is 14.5 Å². The van der Waals surface area contributed by atoms with Gasteiger partial charge in [-0.3, -0.25) is 4.79 Å². The molecule has 12 heteroatoms. The van der Waals surface area contributed by atoms with Crippen LogP contribution in [-0.2, 0) is 14.8 Å². The second-order valence-electron chi connectivity index (χ2n) is 7.58. The Morgan fingerprint density at radius 1 is 1.12 bits per heavy atom. The van der Waals surface area contributed by atoms with Crippen LogP contribution >= 0.6 is 0 Å². The number of hydrogen-bond donors (Lipinski definition) is 2. The third kappa shape index (κ3) is 10.1. The van der Waals surface area contributed by atoms with E-state index in [0.29, 0.717) is 38.3 Å². The molecule has 1 fully saturated rings. The number of carbonyl (C=O) groups excluding carboxylic acids is 1. The Balaban J connectivity index is 0.000000675. The molecule has 0 bridgehead atoms. The Labute approximate surface area is 192 Å². The largest absolute Gasteiger partial charge is 0.490 e. The summed E-state index contributed by atoms with van der Waals surface area (Å²) in [5.41, 5.74) is 1.58. The number of halogens is 3. The van der Waals surface area contributed by atoms with Gasteiger partial charge in [0.2, 0.25) is 10.0 Å². The number of carboxylic acids is 1. The lowest BCUT2D eigenvalue weighted by Crippen LogP contribution is -2.48. The maximum atomic E-state index is 13.0. The van der Waals surface area contributed by atoms with E-state index in [9.17, 15) is 26.4 Å². The zero-order chi connectivity index (χ0) is 25.1. The molecule has 1 amide bonds. The van der Waals surface area contributed by atoms with Crippen LogP contribution in [0.5, 0.6) is 0 Å². The highest BCUT2D eigenvalue weighted by atomic mass is 32.2. The molecule has 0 saturated carbocycles. The molecule has 2 rings (SSSR count). The van der Waals surface area contributed by atoms with Crippen LogP contribution in [0.2, 0.25) is 0 Å². The van der Waals surface area contributed by atoms with Crippen LogP contribution in [0.4, 0.5) is 13.2 Å². The van der Waals surface area contributed by atoms with Gasteiger partial charge in [0.25, 0.3) is 5.91 Å². The molecule has 1 aliphatic rings. The Morgan fingerprint density at radius 2 is 1.70 bits per heavy atom. The zero-order valence-corrected chi connectivity index (χ0v) is 19.7. The SMILES string of the molecule is CCCCCN(CCS(=O)(=O)N1CCNCC1)C(=O)c1ccccc1C.O=C(O)C(F)(F)F. The highest BCUT2D eigenvalue weighted by Crippen LogP contribution is 2.14. The Hall–Kier alpha value is -2.18. The topological polar surface area (TPSA) is 107 Å². The molecule has 1 saturated heterocycles. The number of aliphatic carboxylic acids is 1. The smallest absolute Gasteiger partial charge is 0.475 e. The summed E-state index contributed by atoms with van der Waals surface area (Å²) in [6, 6.07) is 7.48. The number of benzene rings is 1. The third-order valence-corrected chi connectivity index (χ3v) is 6.88. The first-order chi connectivity index (χ1) is 15.4. The third-order valence-electron chi connectivity index (χ3n) is 5.03. The van der Waals surface area contributed by atoms with Crippen molar-refractivity contribution in [2.75, 3.05) is 45.0 Å². The molecule has 0 aromatic heterocycles. The minimum atomic E-state index is -5.08. The van der Waals surface area contributed by atoms with Gasteiger partial charge in [0.1, 0.15) is 0 Å². The molecule has 1 heterocycles. The minimum Gasteiger partial charge on any atom is -0.475 e. The van der Waals surface area contributed by atoms with Gasteiger partial charge in [0, 0.05) is 44.8 Å². The summed E-state index contributed by atoms with van der Waals surface area (Å²) >= 11 is 0. The van der Waals surface area contributed by atoms with E-state index >= 15 is 0 Å². The van der Waals surface area contributed by atoms with Crippen molar-refractivity contribution in [3.05, 3.63) is 35.4 Å². The lowest BCUT2D eigenvalue weighted by Gasteiger charge is -2.29. The Morgan fingerprint density at radius 3 is 2.21 bits per heavy atom. The number of unbranched alkanes of at least 4 members (excludes halogenated alkanes) is 2. The first kappa shape index (κ1) is 28.9. The molecule has 0 unspecified atom stereocenters. The summed E-state index contributed by atoms with van der Waals surface area (Å²) in [4.78, 5) is 23.6. The average Bonchev–Trinajstić information content (AvgIpc) is 2.76. The fourth-order valence-corrected chi connectivity index (χ4v) is 4.58. The van der Waals surface area contributed by atoms with E-state index in [1.54, 1.807) is 4.90 Å². The van der Waals surface area contributed by atoms with E-state index in [-0.39, 0.29) is 18.2 Å². The fourth-order valence-electron chi connectivity index (χ4n) is 3.13. The monoisotopic (exact) mass is 495 g/mol. The fraction of sp³-hybridized carbons (Fsp3) is 0.619. The van der Waals surface area contributed by atoms with Crippen molar-refractivity contribution >= 4 is 21.9 Å². The van der Waals surface area contributed by atoms with Gasteiger partial charge < -0.3 is 15.3 Å². The van der Waals surface area contributed by atoms with Crippen LogP contribution in [0.3, 0.4) is 0 Å². The number of carboxylic acid groups (broad SMARTS) is 1. The van der Waals surface area contributed by atoms with Crippen LogP contribution in [0, 0.1) is 6.92 Å². The van der Waals surface area contributed by atoms with E-state index in [1.165, 1.54) is 4.31 Å². The maximum absolute atomic E-state index is 13.0. The molecular weight excluding hydrogens is 463 g/mol. The maximum Gasteiger partial charge on any atom is 0.490 e.